The third-order valence-corrected chi connectivity index (χ3v) is 3.45. The quantitative estimate of drug-likeness (QED) is 0.305. The molecule has 1 heterocycles. The summed E-state index contributed by atoms with van der Waals surface area (Å²) in [6, 6.07) is 9.38. The number of hydrogen-bond acceptors (Lipinski definition) is 5. The molecule has 0 amide bonds. The predicted molar refractivity (Wildman–Crippen MR) is 86.6 cm³/mol. The molecule has 0 fully saturated rings. The van der Waals surface area contributed by atoms with Crippen molar-refractivity contribution >= 4 is 23.3 Å². The lowest BCUT2D eigenvalue weighted by Gasteiger charge is -2.04. The highest BCUT2D eigenvalue weighted by Crippen LogP contribution is 2.28. The summed E-state index contributed by atoms with van der Waals surface area (Å²) in [7, 11) is 0. The molecule has 25 heavy (non-hydrogen) atoms. The van der Waals surface area contributed by atoms with Crippen LogP contribution in [0.3, 0.4) is 0 Å². The number of halogens is 2. The van der Waals surface area contributed by atoms with Gasteiger partial charge in [0.15, 0.2) is 0 Å². The number of nitro groups is 1. The molecule has 0 saturated heterocycles. The molecule has 0 aliphatic heterocycles. The third-order valence-electron chi connectivity index (χ3n) is 3.21. The molecular weight excluding hydrogens is 353 g/mol. The van der Waals surface area contributed by atoms with E-state index in [1.54, 1.807) is 24.3 Å². The van der Waals surface area contributed by atoms with Gasteiger partial charge in [0.2, 0.25) is 5.75 Å². The first-order valence-corrected chi connectivity index (χ1v) is 7.28. The van der Waals surface area contributed by atoms with Crippen LogP contribution in [0.5, 0.6) is 5.75 Å². The molecule has 0 N–H and O–H groups in total. The van der Waals surface area contributed by atoms with Crippen LogP contribution in [0.4, 0.5) is 10.1 Å². The lowest BCUT2D eigenvalue weighted by Crippen LogP contribution is -2.09. The van der Waals surface area contributed by atoms with Gasteiger partial charge in [0.05, 0.1) is 22.4 Å². The van der Waals surface area contributed by atoms with Crippen LogP contribution in [-0.4, -0.2) is 20.7 Å². The molecule has 126 valence electrons. The lowest BCUT2D eigenvalue weighted by atomic mass is 10.3. The van der Waals surface area contributed by atoms with Gasteiger partial charge in [-0.15, -0.1) is 0 Å². The average Bonchev–Trinajstić information content (AvgIpc) is 3.05. The van der Waals surface area contributed by atoms with Gasteiger partial charge in [-0.25, -0.2) is 13.9 Å². The Bertz CT molecular complexity index is 974. The molecule has 7 nitrogen and oxygen atoms in total. The Balaban J connectivity index is 1.86. The standard InChI is InChI=1S/C16H9ClFN3O4/c17-11-2-1-3-13(6-11)20-9-10(8-19-20)16(22)25-15-7-12(18)4-5-14(15)21(23)24/h1-9H. The summed E-state index contributed by atoms with van der Waals surface area (Å²) in [5, 5.41) is 15.4. The number of nitrogens with zero attached hydrogens (tertiary/aromatic N) is 3. The maximum Gasteiger partial charge on any atom is 0.347 e. The number of aromatic nitrogens is 2. The van der Waals surface area contributed by atoms with Crippen LogP contribution in [0.2, 0.25) is 5.02 Å². The fraction of sp³-hybridized carbons (Fsp3) is 0. The molecule has 0 unspecified atom stereocenters. The van der Waals surface area contributed by atoms with Gasteiger partial charge in [-0.2, -0.15) is 5.10 Å². The van der Waals surface area contributed by atoms with Crippen LogP contribution in [0.1, 0.15) is 10.4 Å². The van der Waals surface area contributed by atoms with Crippen molar-refractivity contribution in [3.8, 4) is 11.4 Å². The van der Waals surface area contributed by atoms with E-state index in [1.807, 2.05) is 0 Å². The monoisotopic (exact) mass is 361 g/mol. The highest BCUT2D eigenvalue weighted by atomic mass is 35.5. The van der Waals surface area contributed by atoms with Gasteiger partial charge in [0.1, 0.15) is 5.82 Å². The van der Waals surface area contributed by atoms with E-state index < -0.39 is 28.1 Å². The fourth-order valence-electron chi connectivity index (χ4n) is 2.07. The first kappa shape index (κ1) is 16.6. The van der Waals surface area contributed by atoms with Crippen LogP contribution >= 0.6 is 11.6 Å². The zero-order valence-corrected chi connectivity index (χ0v) is 13.2. The maximum absolute atomic E-state index is 13.3. The zero-order chi connectivity index (χ0) is 18.0. The molecule has 1 aromatic heterocycles. The normalized spacial score (nSPS) is 10.5. The molecule has 0 spiro atoms. The predicted octanol–water partition coefficient (Wildman–Crippen LogP) is 3.79. The van der Waals surface area contributed by atoms with Crippen molar-refractivity contribution < 1.29 is 18.8 Å². The van der Waals surface area contributed by atoms with Crippen LogP contribution in [0, 0.1) is 15.9 Å². The molecule has 0 atom stereocenters. The Kier molecular flexibility index (Phi) is 4.44. The SMILES string of the molecule is O=C(Oc1cc(F)ccc1[N+](=O)[O-])c1cnn(-c2cccc(Cl)c2)c1. The highest BCUT2D eigenvalue weighted by Gasteiger charge is 2.20. The topological polar surface area (TPSA) is 87.3 Å². The minimum absolute atomic E-state index is 0.0403. The highest BCUT2D eigenvalue weighted by molar-refractivity contribution is 6.30. The van der Waals surface area contributed by atoms with Crippen molar-refractivity contribution in [3.63, 3.8) is 0 Å². The van der Waals surface area contributed by atoms with Crippen molar-refractivity contribution in [3.05, 3.63) is 81.4 Å². The maximum atomic E-state index is 13.3. The van der Waals surface area contributed by atoms with E-state index in [1.165, 1.54) is 17.1 Å². The number of nitro benzene ring substituents is 1. The Labute approximate surface area is 145 Å². The molecule has 3 aromatic rings. The van der Waals surface area contributed by atoms with Crippen LogP contribution in [-0.2, 0) is 0 Å². The second kappa shape index (κ2) is 6.70. The number of rotatable bonds is 4. The van der Waals surface area contributed by atoms with Crippen LogP contribution in [0.25, 0.3) is 5.69 Å². The number of benzene rings is 2. The second-order valence-electron chi connectivity index (χ2n) is 4.91. The summed E-state index contributed by atoms with van der Waals surface area (Å²) in [4.78, 5) is 22.3. The Morgan fingerprint density at radius 2 is 2.08 bits per heavy atom. The van der Waals surface area contributed by atoms with Crippen molar-refractivity contribution in [1.29, 1.82) is 0 Å². The Hall–Kier alpha value is -3.26. The van der Waals surface area contributed by atoms with Gasteiger partial charge in [-0.05, 0) is 24.3 Å². The molecule has 2 aromatic carbocycles. The summed E-state index contributed by atoms with van der Waals surface area (Å²) >= 11 is 5.90. The molecule has 0 bridgehead atoms. The molecule has 0 aliphatic rings. The van der Waals surface area contributed by atoms with Crippen LogP contribution < -0.4 is 4.74 Å². The minimum Gasteiger partial charge on any atom is -0.415 e. The number of carbonyl (C=O) groups is 1. The van der Waals surface area contributed by atoms with E-state index in [-0.39, 0.29) is 5.56 Å². The van der Waals surface area contributed by atoms with E-state index in [0.717, 1.165) is 18.2 Å². The fourth-order valence-corrected chi connectivity index (χ4v) is 2.25. The summed E-state index contributed by atoms with van der Waals surface area (Å²) in [6.07, 6.45) is 2.60. The lowest BCUT2D eigenvalue weighted by molar-refractivity contribution is -0.385. The molecule has 0 aliphatic carbocycles. The summed E-state index contributed by atoms with van der Waals surface area (Å²) < 4.78 is 19.6. The molecule has 0 radical (unpaired) electrons. The van der Waals surface area contributed by atoms with Crippen LogP contribution in [0.15, 0.2) is 54.9 Å². The van der Waals surface area contributed by atoms with Crippen molar-refractivity contribution in [2.24, 2.45) is 0 Å². The van der Waals surface area contributed by atoms with E-state index in [9.17, 15) is 19.3 Å². The molecule has 3 rings (SSSR count). The van der Waals surface area contributed by atoms with E-state index in [4.69, 9.17) is 16.3 Å². The van der Waals surface area contributed by atoms with Gasteiger partial charge in [0, 0.05) is 23.4 Å². The third kappa shape index (κ3) is 3.64. The molecule has 0 saturated carbocycles. The number of esters is 1. The Morgan fingerprint density at radius 3 is 2.80 bits per heavy atom. The van der Waals surface area contributed by atoms with Crippen molar-refractivity contribution in [1.82, 2.24) is 9.78 Å². The second-order valence-corrected chi connectivity index (χ2v) is 5.35. The Morgan fingerprint density at radius 1 is 1.28 bits per heavy atom. The van der Waals surface area contributed by atoms with Gasteiger partial charge in [-0.1, -0.05) is 17.7 Å². The first-order chi connectivity index (χ1) is 11.9. The van der Waals surface area contributed by atoms with E-state index >= 15 is 0 Å². The number of hydrogen-bond donors (Lipinski definition) is 0. The van der Waals surface area contributed by atoms with Gasteiger partial charge in [-0.3, -0.25) is 10.1 Å². The first-order valence-electron chi connectivity index (χ1n) is 6.91. The largest absolute Gasteiger partial charge is 0.415 e. The zero-order valence-electron chi connectivity index (χ0n) is 12.4. The van der Waals surface area contributed by atoms with E-state index in [2.05, 4.69) is 5.10 Å². The smallest absolute Gasteiger partial charge is 0.347 e. The van der Waals surface area contributed by atoms with Crippen molar-refractivity contribution in [2.45, 2.75) is 0 Å². The summed E-state index contributed by atoms with van der Waals surface area (Å²) in [5.74, 6) is -2.14. The molecule has 9 heteroatoms. The minimum atomic E-state index is -0.901. The number of carbonyl (C=O) groups excluding carboxylic acids is 1. The average molecular weight is 362 g/mol. The van der Waals surface area contributed by atoms with E-state index in [0.29, 0.717) is 10.7 Å². The summed E-state index contributed by atoms with van der Waals surface area (Å²) in [5.41, 5.74) is 0.138. The number of ether oxygens (including phenoxy) is 1. The molecular formula is C16H9ClFN3O4. The van der Waals surface area contributed by atoms with Gasteiger partial charge in [0.25, 0.3) is 0 Å². The van der Waals surface area contributed by atoms with Crippen molar-refractivity contribution in [2.75, 3.05) is 0 Å². The van der Waals surface area contributed by atoms with Gasteiger partial charge < -0.3 is 4.74 Å². The summed E-state index contributed by atoms with van der Waals surface area (Å²) in [6.45, 7) is 0. The van der Waals surface area contributed by atoms with Gasteiger partial charge >= 0.3 is 11.7 Å².